The van der Waals surface area contributed by atoms with E-state index in [-0.39, 0.29) is 17.9 Å². The van der Waals surface area contributed by atoms with Crippen LogP contribution < -0.4 is 5.32 Å². The number of nitrogens with one attached hydrogen (secondary N) is 1. The molecule has 1 amide bonds. The first kappa shape index (κ1) is 12.8. The van der Waals surface area contributed by atoms with Crippen molar-refractivity contribution in [2.75, 3.05) is 0 Å². The fraction of sp³-hybridized carbons (Fsp3) is 0.500. The van der Waals surface area contributed by atoms with Crippen LogP contribution in [0.1, 0.15) is 31.9 Å². The van der Waals surface area contributed by atoms with Gasteiger partial charge in [-0.1, -0.05) is 38.1 Å². The third kappa shape index (κ3) is 3.69. The second kappa shape index (κ2) is 5.69. The van der Waals surface area contributed by atoms with E-state index in [0.717, 1.165) is 6.42 Å². The van der Waals surface area contributed by atoms with Gasteiger partial charge in [-0.15, -0.1) is 0 Å². The Balaban J connectivity index is 2.55. The van der Waals surface area contributed by atoms with Crippen molar-refractivity contribution in [3.05, 3.63) is 35.4 Å². The van der Waals surface area contributed by atoms with E-state index in [1.165, 1.54) is 11.1 Å². The molecule has 2 nitrogen and oxygen atoms in total. The molecule has 0 aliphatic rings. The molecule has 0 aliphatic heterocycles. The summed E-state index contributed by atoms with van der Waals surface area (Å²) in [7, 11) is 0. The Morgan fingerprint density at radius 1 is 1.25 bits per heavy atom. The predicted octanol–water partition coefficient (Wildman–Crippen LogP) is 2.70. The van der Waals surface area contributed by atoms with Gasteiger partial charge in [0.05, 0.1) is 0 Å². The summed E-state index contributed by atoms with van der Waals surface area (Å²) >= 11 is 0. The van der Waals surface area contributed by atoms with Crippen molar-refractivity contribution in [2.45, 2.75) is 40.2 Å². The Bertz CT molecular complexity index is 358. The van der Waals surface area contributed by atoms with E-state index in [1.54, 1.807) is 0 Å². The molecule has 0 saturated heterocycles. The van der Waals surface area contributed by atoms with Gasteiger partial charge in [-0.2, -0.15) is 0 Å². The van der Waals surface area contributed by atoms with Crippen molar-refractivity contribution in [2.24, 2.45) is 5.92 Å². The van der Waals surface area contributed by atoms with E-state index in [9.17, 15) is 4.79 Å². The lowest BCUT2D eigenvalue weighted by Gasteiger charge is -2.16. The fourth-order valence-corrected chi connectivity index (χ4v) is 1.63. The van der Waals surface area contributed by atoms with Gasteiger partial charge in [0.1, 0.15) is 0 Å². The molecule has 88 valence electrons. The summed E-state index contributed by atoms with van der Waals surface area (Å²) in [5.41, 5.74) is 2.59. The van der Waals surface area contributed by atoms with Crippen LogP contribution in [-0.4, -0.2) is 11.9 Å². The first-order chi connectivity index (χ1) is 7.50. The molecule has 0 aromatic heterocycles. The van der Waals surface area contributed by atoms with Gasteiger partial charge in [-0.25, -0.2) is 0 Å². The molecular formula is C14H21NO. The second-order valence-corrected chi connectivity index (χ2v) is 4.69. The van der Waals surface area contributed by atoms with E-state index in [4.69, 9.17) is 0 Å². The molecular weight excluding hydrogens is 198 g/mol. The molecule has 0 bridgehead atoms. The minimum atomic E-state index is 0.0549. The highest BCUT2D eigenvalue weighted by atomic mass is 16.1. The highest BCUT2D eigenvalue weighted by Crippen LogP contribution is 2.09. The van der Waals surface area contributed by atoms with Crippen LogP contribution in [-0.2, 0) is 11.2 Å². The number of amides is 1. The molecule has 0 radical (unpaired) electrons. The Kier molecular flexibility index (Phi) is 4.53. The van der Waals surface area contributed by atoms with Gasteiger partial charge in [0.2, 0.25) is 5.91 Å². The smallest absolute Gasteiger partial charge is 0.222 e. The summed E-state index contributed by atoms with van der Waals surface area (Å²) in [4.78, 5) is 11.5. The Hall–Kier alpha value is -1.31. The summed E-state index contributed by atoms with van der Waals surface area (Å²) in [6, 6.07) is 8.49. The van der Waals surface area contributed by atoms with Crippen molar-refractivity contribution in [1.29, 1.82) is 0 Å². The average molecular weight is 219 g/mol. The number of hydrogen-bond acceptors (Lipinski definition) is 1. The average Bonchev–Trinajstić information content (AvgIpc) is 2.21. The maximum Gasteiger partial charge on any atom is 0.222 e. The lowest BCUT2D eigenvalue weighted by molar-refractivity contribution is -0.124. The van der Waals surface area contributed by atoms with Crippen molar-refractivity contribution in [3.63, 3.8) is 0 Å². The fourth-order valence-electron chi connectivity index (χ4n) is 1.63. The SMILES string of the molecule is Cc1ccccc1CC(C)NC(=O)C(C)C. The summed E-state index contributed by atoms with van der Waals surface area (Å²) in [6.45, 7) is 7.98. The van der Waals surface area contributed by atoms with E-state index in [1.807, 2.05) is 32.9 Å². The quantitative estimate of drug-likeness (QED) is 0.829. The molecule has 1 aromatic rings. The van der Waals surface area contributed by atoms with Crippen LogP contribution in [0.25, 0.3) is 0 Å². The van der Waals surface area contributed by atoms with Crippen LogP contribution in [0.5, 0.6) is 0 Å². The zero-order chi connectivity index (χ0) is 12.1. The van der Waals surface area contributed by atoms with Crippen molar-refractivity contribution < 1.29 is 4.79 Å². The zero-order valence-electron chi connectivity index (χ0n) is 10.6. The van der Waals surface area contributed by atoms with Crippen LogP contribution in [0.3, 0.4) is 0 Å². The van der Waals surface area contributed by atoms with Gasteiger partial charge in [0.25, 0.3) is 0 Å². The normalized spacial score (nSPS) is 12.6. The largest absolute Gasteiger partial charge is 0.353 e. The van der Waals surface area contributed by atoms with Crippen LogP contribution in [0, 0.1) is 12.8 Å². The molecule has 0 heterocycles. The highest BCUT2D eigenvalue weighted by molar-refractivity contribution is 5.78. The van der Waals surface area contributed by atoms with E-state index in [0.29, 0.717) is 0 Å². The highest BCUT2D eigenvalue weighted by Gasteiger charge is 2.11. The third-order valence-corrected chi connectivity index (χ3v) is 2.70. The zero-order valence-corrected chi connectivity index (χ0v) is 10.6. The molecule has 1 rings (SSSR count). The Labute approximate surface area is 98.1 Å². The molecule has 1 N–H and O–H groups in total. The molecule has 0 spiro atoms. The Morgan fingerprint density at radius 2 is 1.88 bits per heavy atom. The molecule has 1 aromatic carbocycles. The van der Waals surface area contributed by atoms with Crippen LogP contribution in [0.2, 0.25) is 0 Å². The van der Waals surface area contributed by atoms with Gasteiger partial charge in [-0.05, 0) is 31.4 Å². The van der Waals surface area contributed by atoms with Crippen molar-refractivity contribution in [1.82, 2.24) is 5.32 Å². The van der Waals surface area contributed by atoms with E-state index < -0.39 is 0 Å². The van der Waals surface area contributed by atoms with Crippen molar-refractivity contribution >= 4 is 5.91 Å². The number of hydrogen-bond donors (Lipinski definition) is 1. The summed E-state index contributed by atoms with van der Waals surface area (Å²) < 4.78 is 0. The molecule has 0 aliphatic carbocycles. The maximum absolute atomic E-state index is 11.5. The number of benzene rings is 1. The number of carbonyl (C=O) groups excluding carboxylic acids is 1. The first-order valence-electron chi connectivity index (χ1n) is 5.85. The van der Waals surface area contributed by atoms with Crippen LogP contribution in [0.4, 0.5) is 0 Å². The third-order valence-electron chi connectivity index (χ3n) is 2.70. The standard InChI is InChI=1S/C14H21NO/c1-10(2)14(16)15-12(4)9-13-8-6-5-7-11(13)3/h5-8,10,12H,9H2,1-4H3,(H,15,16). The molecule has 0 saturated carbocycles. The maximum atomic E-state index is 11.5. The van der Waals surface area contributed by atoms with E-state index >= 15 is 0 Å². The Morgan fingerprint density at radius 3 is 2.44 bits per heavy atom. The summed E-state index contributed by atoms with van der Waals surface area (Å²) in [5, 5.41) is 3.02. The first-order valence-corrected chi connectivity index (χ1v) is 5.85. The number of carbonyl (C=O) groups is 1. The van der Waals surface area contributed by atoms with Gasteiger partial charge in [0.15, 0.2) is 0 Å². The minimum absolute atomic E-state index is 0.0549. The van der Waals surface area contributed by atoms with E-state index in [2.05, 4.69) is 24.4 Å². The molecule has 1 unspecified atom stereocenters. The topological polar surface area (TPSA) is 29.1 Å². The lowest BCUT2D eigenvalue weighted by atomic mass is 10.0. The van der Waals surface area contributed by atoms with Crippen LogP contribution in [0.15, 0.2) is 24.3 Å². The minimum Gasteiger partial charge on any atom is -0.353 e. The van der Waals surface area contributed by atoms with Crippen LogP contribution >= 0.6 is 0 Å². The van der Waals surface area contributed by atoms with Gasteiger partial charge >= 0.3 is 0 Å². The summed E-state index contributed by atoms with van der Waals surface area (Å²) in [5.74, 6) is 0.181. The van der Waals surface area contributed by atoms with Crippen molar-refractivity contribution in [3.8, 4) is 0 Å². The van der Waals surface area contributed by atoms with Gasteiger partial charge in [0, 0.05) is 12.0 Å². The van der Waals surface area contributed by atoms with Gasteiger partial charge < -0.3 is 5.32 Å². The van der Waals surface area contributed by atoms with Gasteiger partial charge in [-0.3, -0.25) is 4.79 Å². The molecule has 0 fully saturated rings. The monoisotopic (exact) mass is 219 g/mol. The molecule has 2 heteroatoms. The molecule has 1 atom stereocenters. The predicted molar refractivity (Wildman–Crippen MR) is 67.3 cm³/mol. The number of aryl methyl sites for hydroxylation is 1. The number of rotatable bonds is 4. The lowest BCUT2D eigenvalue weighted by Crippen LogP contribution is -2.36. The molecule has 16 heavy (non-hydrogen) atoms. The summed E-state index contributed by atoms with van der Waals surface area (Å²) in [6.07, 6.45) is 0.894. The second-order valence-electron chi connectivity index (χ2n) is 4.69.